The Labute approximate surface area is 106 Å². The predicted molar refractivity (Wildman–Crippen MR) is 74.4 cm³/mol. The van der Waals surface area contributed by atoms with E-state index in [-0.39, 0.29) is 0 Å². The highest BCUT2D eigenvalue weighted by Crippen LogP contribution is 2.34. The number of halogens is 1. The van der Waals surface area contributed by atoms with Crippen LogP contribution in [0.2, 0.25) is 5.02 Å². The minimum Gasteiger partial charge on any atom is -0.397 e. The van der Waals surface area contributed by atoms with Gasteiger partial charge in [-0.2, -0.15) is 11.8 Å². The Morgan fingerprint density at radius 2 is 2.25 bits per heavy atom. The van der Waals surface area contributed by atoms with E-state index >= 15 is 0 Å². The zero-order valence-electron chi connectivity index (χ0n) is 9.37. The molecule has 0 aliphatic heterocycles. The van der Waals surface area contributed by atoms with Gasteiger partial charge in [0.15, 0.2) is 0 Å². The number of anilines is 2. The van der Waals surface area contributed by atoms with Crippen molar-refractivity contribution in [1.29, 1.82) is 0 Å². The number of nitrogen functional groups attached to an aromatic ring is 1. The Balaban J connectivity index is 2.04. The van der Waals surface area contributed by atoms with E-state index in [2.05, 4.69) is 11.6 Å². The van der Waals surface area contributed by atoms with Gasteiger partial charge in [0.1, 0.15) is 0 Å². The molecule has 1 saturated carbocycles. The second-order valence-electron chi connectivity index (χ2n) is 4.22. The highest BCUT2D eigenvalue weighted by Gasteiger charge is 2.24. The van der Waals surface area contributed by atoms with Crippen molar-refractivity contribution < 1.29 is 0 Å². The van der Waals surface area contributed by atoms with Gasteiger partial charge in [-0.15, -0.1) is 0 Å². The molecule has 1 aliphatic carbocycles. The Bertz CT molecular complexity index is 350. The van der Waals surface area contributed by atoms with Gasteiger partial charge in [-0.25, -0.2) is 0 Å². The molecule has 4 heteroatoms. The predicted octanol–water partition coefficient (Wildman–Crippen LogP) is 3.62. The van der Waals surface area contributed by atoms with Crippen molar-refractivity contribution in [3.63, 3.8) is 0 Å². The summed E-state index contributed by atoms with van der Waals surface area (Å²) in [4.78, 5) is 0. The number of nitrogens with two attached hydrogens (primary N) is 1. The summed E-state index contributed by atoms with van der Waals surface area (Å²) in [5.41, 5.74) is 7.55. The van der Waals surface area contributed by atoms with E-state index in [0.29, 0.717) is 11.1 Å². The minimum absolute atomic E-state index is 0.514. The number of nitrogens with one attached hydrogen (secondary N) is 1. The smallest absolute Gasteiger partial charge is 0.0765 e. The second-order valence-corrected chi connectivity index (χ2v) is 5.76. The first-order valence-corrected chi connectivity index (χ1v) is 7.20. The molecule has 0 amide bonds. The largest absolute Gasteiger partial charge is 0.397 e. The Morgan fingerprint density at radius 3 is 2.88 bits per heavy atom. The van der Waals surface area contributed by atoms with E-state index < -0.39 is 0 Å². The van der Waals surface area contributed by atoms with E-state index in [4.69, 9.17) is 17.3 Å². The molecule has 1 aromatic rings. The van der Waals surface area contributed by atoms with Gasteiger partial charge < -0.3 is 11.1 Å². The molecule has 1 aromatic carbocycles. The van der Waals surface area contributed by atoms with E-state index in [1.54, 1.807) is 0 Å². The first-order valence-electron chi connectivity index (χ1n) is 5.54. The van der Waals surface area contributed by atoms with Gasteiger partial charge in [-0.05, 0) is 37.7 Å². The summed E-state index contributed by atoms with van der Waals surface area (Å²) >= 11 is 8.08. The summed E-state index contributed by atoms with van der Waals surface area (Å²) < 4.78 is 0. The van der Waals surface area contributed by atoms with E-state index in [1.165, 1.54) is 19.3 Å². The van der Waals surface area contributed by atoms with Crippen molar-refractivity contribution in [3.8, 4) is 0 Å². The molecule has 0 heterocycles. The van der Waals surface area contributed by atoms with Crippen LogP contribution in [0, 0.1) is 0 Å². The molecule has 0 radical (unpaired) electrons. The fourth-order valence-electron chi connectivity index (χ4n) is 2.18. The van der Waals surface area contributed by atoms with Crippen molar-refractivity contribution in [2.45, 2.75) is 30.6 Å². The molecular weight excluding hydrogens is 240 g/mol. The van der Waals surface area contributed by atoms with Crippen molar-refractivity contribution in [3.05, 3.63) is 23.2 Å². The molecule has 1 aliphatic rings. The molecule has 2 nitrogen and oxygen atoms in total. The number of thioether (sulfide) groups is 1. The van der Waals surface area contributed by atoms with Crippen LogP contribution < -0.4 is 11.1 Å². The molecule has 0 bridgehead atoms. The third kappa shape index (κ3) is 2.58. The van der Waals surface area contributed by atoms with Crippen LogP contribution in [0.15, 0.2) is 18.2 Å². The molecule has 0 spiro atoms. The SMILES string of the molecule is CSC1CCC(Nc2c(N)cccc2Cl)C1. The zero-order chi connectivity index (χ0) is 11.5. The van der Waals surface area contributed by atoms with Crippen molar-refractivity contribution in [1.82, 2.24) is 0 Å². The van der Waals surface area contributed by atoms with Crippen LogP contribution in [0.4, 0.5) is 11.4 Å². The summed E-state index contributed by atoms with van der Waals surface area (Å²) in [6.45, 7) is 0. The third-order valence-corrected chi connectivity index (χ3v) is 4.52. The normalized spacial score (nSPS) is 24.6. The van der Waals surface area contributed by atoms with Crippen LogP contribution in [0.5, 0.6) is 0 Å². The first-order chi connectivity index (χ1) is 7.70. The van der Waals surface area contributed by atoms with Crippen molar-refractivity contribution in [2.24, 2.45) is 0 Å². The van der Waals surface area contributed by atoms with Crippen LogP contribution in [0.1, 0.15) is 19.3 Å². The molecule has 2 rings (SSSR count). The van der Waals surface area contributed by atoms with Crippen LogP contribution in [0.3, 0.4) is 0 Å². The molecule has 2 atom stereocenters. The van der Waals surface area contributed by atoms with Gasteiger partial charge in [-0.1, -0.05) is 17.7 Å². The quantitative estimate of drug-likeness (QED) is 0.812. The minimum atomic E-state index is 0.514. The van der Waals surface area contributed by atoms with Crippen molar-refractivity contribution >= 4 is 34.7 Å². The summed E-state index contributed by atoms with van der Waals surface area (Å²) in [6.07, 6.45) is 5.86. The lowest BCUT2D eigenvalue weighted by molar-refractivity contribution is 0.757. The lowest BCUT2D eigenvalue weighted by Gasteiger charge is -2.17. The van der Waals surface area contributed by atoms with E-state index in [9.17, 15) is 0 Å². The van der Waals surface area contributed by atoms with Crippen LogP contribution in [-0.4, -0.2) is 17.5 Å². The van der Waals surface area contributed by atoms with Gasteiger partial charge in [-0.3, -0.25) is 0 Å². The monoisotopic (exact) mass is 256 g/mol. The molecule has 0 aromatic heterocycles. The highest BCUT2D eigenvalue weighted by molar-refractivity contribution is 7.99. The van der Waals surface area contributed by atoms with Crippen LogP contribution >= 0.6 is 23.4 Å². The lowest BCUT2D eigenvalue weighted by Crippen LogP contribution is -2.17. The molecule has 2 unspecified atom stereocenters. The maximum absolute atomic E-state index is 6.13. The summed E-state index contributed by atoms with van der Waals surface area (Å²) in [6, 6.07) is 6.15. The zero-order valence-corrected chi connectivity index (χ0v) is 10.9. The average molecular weight is 257 g/mol. The van der Waals surface area contributed by atoms with Gasteiger partial charge >= 0.3 is 0 Å². The lowest BCUT2D eigenvalue weighted by atomic mass is 10.2. The first kappa shape index (κ1) is 11.9. The van der Waals surface area contributed by atoms with Crippen molar-refractivity contribution in [2.75, 3.05) is 17.3 Å². The van der Waals surface area contributed by atoms with Gasteiger partial charge in [0.25, 0.3) is 0 Å². The molecule has 3 N–H and O–H groups in total. The summed E-state index contributed by atoms with van der Waals surface area (Å²) in [7, 11) is 0. The molecule has 88 valence electrons. The fourth-order valence-corrected chi connectivity index (χ4v) is 3.22. The third-order valence-electron chi connectivity index (χ3n) is 3.11. The van der Waals surface area contributed by atoms with E-state index in [0.717, 1.165) is 16.6 Å². The summed E-state index contributed by atoms with van der Waals surface area (Å²) in [5.74, 6) is 0. The number of benzene rings is 1. The second kappa shape index (κ2) is 5.19. The van der Waals surface area contributed by atoms with Crippen LogP contribution in [-0.2, 0) is 0 Å². The Kier molecular flexibility index (Phi) is 3.87. The number of hydrogen-bond acceptors (Lipinski definition) is 3. The molecule has 1 fully saturated rings. The van der Waals surface area contributed by atoms with Gasteiger partial charge in [0, 0.05) is 11.3 Å². The average Bonchev–Trinajstić information content (AvgIpc) is 2.71. The highest BCUT2D eigenvalue weighted by atomic mass is 35.5. The van der Waals surface area contributed by atoms with E-state index in [1.807, 2.05) is 30.0 Å². The Morgan fingerprint density at radius 1 is 1.44 bits per heavy atom. The van der Waals surface area contributed by atoms with Gasteiger partial charge in [0.05, 0.1) is 16.4 Å². The van der Waals surface area contributed by atoms with Crippen LogP contribution in [0.25, 0.3) is 0 Å². The number of rotatable bonds is 3. The standard InChI is InChI=1S/C12H17ClN2S/c1-16-9-6-5-8(7-9)15-12-10(13)3-2-4-11(12)14/h2-4,8-9,15H,5-7,14H2,1H3. The maximum Gasteiger partial charge on any atom is 0.0765 e. The fraction of sp³-hybridized carbons (Fsp3) is 0.500. The summed E-state index contributed by atoms with van der Waals surface area (Å²) in [5, 5.41) is 4.97. The molecule has 0 saturated heterocycles. The number of para-hydroxylation sites is 1. The van der Waals surface area contributed by atoms with Gasteiger partial charge in [0.2, 0.25) is 0 Å². The Hall–Kier alpha value is -0.540. The maximum atomic E-state index is 6.13. The number of hydrogen-bond donors (Lipinski definition) is 2. The molecular formula is C12H17ClN2S. The molecule has 16 heavy (non-hydrogen) atoms. The topological polar surface area (TPSA) is 38.0 Å².